The molecule has 2 unspecified atom stereocenters. The van der Waals surface area contributed by atoms with Crippen molar-refractivity contribution in [2.75, 3.05) is 19.7 Å². The smallest absolute Gasteiger partial charge is 0.0681 e. The summed E-state index contributed by atoms with van der Waals surface area (Å²) in [7, 11) is 0. The van der Waals surface area contributed by atoms with E-state index in [2.05, 4.69) is 18.3 Å². The zero-order valence-corrected chi connectivity index (χ0v) is 10.5. The lowest BCUT2D eigenvalue weighted by Crippen LogP contribution is -2.26. The SMILES string of the molecule is CCC1CCCC(OCC2=CCNCC2)C1. The molecule has 16 heavy (non-hydrogen) atoms. The highest BCUT2D eigenvalue weighted by atomic mass is 16.5. The van der Waals surface area contributed by atoms with Crippen LogP contribution in [0.4, 0.5) is 0 Å². The molecule has 92 valence electrons. The zero-order valence-electron chi connectivity index (χ0n) is 10.5. The minimum absolute atomic E-state index is 0.537. The zero-order chi connectivity index (χ0) is 11.2. The Morgan fingerprint density at radius 1 is 1.44 bits per heavy atom. The molecule has 1 N–H and O–H groups in total. The molecule has 0 aromatic rings. The average Bonchev–Trinajstić information content (AvgIpc) is 2.38. The Morgan fingerprint density at radius 2 is 2.38 bits per heavy atom. The van der Waals surface area contributed by atoms with Crippen LogP contribution in [0.3, 0.4) is 0 Å². The van der Waals surface area contributed by atoms with Crippen molar-refractivity contribution in [3.05, 3.63) is 11.6 Å². The molecule has 1 saturated carbocycles. The van der Waals surface area contributed by atoms with Gasteiger partial charge in [0.1, 0.15) is 0 Å². The predicted octanol–water partition coefficient (Wildman–Crippen LogP) is 2.89. The van der Waals surface area contributed by atoms with E-state index >= 15 is 0 Å². The highest BCUT2D eigenvalue weighted by Gasteiger charge is 2.21. The van der Waals surface area contributed by atoms with Gasteiger partial charge in [-0.2, -0.15) is 0 Å². The van der Waals surface area contributed by atoms with Gasteiger partial charge in [-0.15, -0.1) is 0 Å². The third kappa shape index (κ3) is 3.60. The molecule has 1 fully saturated rings. The molecule has 0 aromatic heterocycles. The van der Waals surface area contributed by atoms with Crippen molar-refractivity contribution in [1.82, 2.24) is 5.32 Å². The van der Waals surface area contributed by atoms with Crippen LogP contribution in [0.5, 0.6) is 0 Å². The van der Waals surface area contributed by atoms with E-state index in [1.165, 1.54) is 44.1 Å². The fourth-order valence-electron chi connectivity index (χ4n) is 2.79. The number of ether oxygens (including phenoxy) is 1. The highest BCUT2D eigenvalue weighted by Crippen LogP contribution is 2.28. The van der Waals surface area contributed by atoms with Crippen molar-refractivity contribution in [3.63, 3.8) is 0 Å². The van der Waals surface area contributed by atoms with Crippen molar-refractivity contribution in [2.45, 2.75) is 51.6 Å². The maximum atomic E-state index is 6.06. The molecule has 2 nitrogen and oxygen atoms in total. The molecular weight excluding hydrogens is 198 g/mol. The fourth-order valence-corrected chi connectivity index (χ4v) is 2.79. The monoisotopic (exact) mass is 223 g/mol. The lowest BCUT2D eigenvalue weighted by atomic mass is 9.85. The molecule has 2 heteroatoms. The summed E-state index contributed by atoms with van der Waals surface area (Å²) >= 11 is 0. The van der Waals surface area contributed by atoms with Gasteiger partial charge in [0.15, 0.2) is 0 Å². The Bertz CT molecular complexity index is 237. The van der Waals surface area contributed by atoms with Crippen LogP contribution in [-0.4, -0.2) is 25.8 Å². The lowest BCUT2D eigenvalue weighted by molar-refractivity contribution is 0.0239. The van der Waals surface area contributed by atoms with Gasteiger partial charge in [-0.3, -0.25) is 0 Å². The van der Waals surface area contributed by atoms with E-state index in [0.29, 0.717) is 6.10 Å². The third-order valence-electron chi connectivity index (χ3n) is 3.97. The molecular formula is C14H25NO. The highest BCUT2D eigenvalue weighted by molar-refractivity contribution is 5.07. The van der Waals surface area contributed by atoms with Gasteiger partial charge < -0.3 is 10.1 Å². The molecule has 0 amide bonds. The standard InChI is InChI=1S/C14H25NO/c1-2-12-4-3-5-14(10-12)16-11-13-6-8-15-9-7-13/h6,12,14-15H,2-5,7-11H2,1H3. The molecule has 1 aliphatic carbocycles. The molecule has 0 bridgehead atoms. The average molecular weight is 223 g/mol. The van der Waals surface area contributed by atoms with Gasteiger partial charge in [0, 0.05) is 6.54 Å². The van der Waals surface area contributed by atoms with E-state index in [1.807, 2.05) is 0 Å². The van der Waals surface area contributed by atoms with Crippen molar-refractivity contribution >= 4 is 0 Å². The van der Waals surface area contributed by atoms with E-state index < -0.39 is 0 Å². The van der Waals surface area contributed by atoms with Crippen LogP contribution in [0, 0.1) is 5.92 Å². The normalized spacial score (nSPS) is 31.2. The molecule has 2 atom stereocenters. The second kappa shape index (κ2) is 6.41. The van der Waals surface area contributed by atoms with Crippen LogP contribution in [0.25, 0.3) is 0 Å². The molecule has 2 rings (SSSR count). The van der Waals surface area contributed by atoms with Crippen LogP contribution >= 0.6 is 0 Å². The first-order valence-electron chi connectivity index (χ1n) is 6.88. The topological polar surface area (TPSA) is 21.3 Å². The minimum atomic E-state index is 0.537. The van der Waals surface area contributed by atoms with E-state index in [-0.39, 0.29) is 0 Å². The summed E-state index contributed by atoms with van der Waals surface area (Å²) in [5.41, 5.74) is 1.50. The molecule has 0 saturated heterocycles. The van der Waals surface area contributed by atoms with Gasteiger partial charge in [-0.25, -0.2) is 0 Å². The summed E-state index contributed by atoms with van der Waals surface area (Å²) in [6.07, 6.45) is 10.7. The Hall–Kier alpha value is -0.340. The van der Waals surface area contributed by atoms with E-state index in [0.717, 1.165) is 25.6 Å². The second-order valence-corrected chi connectivity index (χ2v) is 5.19. The van der Waals surface area contributed by atoms with Crippen molar-refractivity contribution in [3.8, 4) is 0 Å². The minimum Gasteiger partial charge on any atom is -0.374 e. The summed E-state index contributed by atoms with van der Waals surface area (Å²) in [4.78, 5) is 0. The van der Waals surface area contributed by atoms with Gasteiger partial charge in [-0.05, 0) is 37.3 Å². The molecule has 0 aromatic carbocycles. The summed E-state index contributed by atoms with van der Waals surface area (Å²) in [6.45, 7) is 5.34. The predicted molar refractivity (Wildman–Crippen MR) is 67.6 cm³/mol. The van der Waals surface area contributed by atoms with Crippen molar-refractivity contribution in [1.29, 1.82) is 0 Å². The van der Waals surface area contributed by atoms with Crippen LogP contribution in [0.15, 0.2) is 11.6 Å². The Morgan fingerprint density at radius 3 is 3.12 bits per heavy atom. The molecule has 0 spiro atoms. The molecule has 1 aliphatic heterocycles. The van der Waals surface area contributed by atoms with E-state index in [9.17, 15) is 0 Å². The summed E-state index contributed by atoms with van der Waals surface area (Å²) < 4.78 is 6.06. The Balaban J connectivity index is 1.70. The Labute approximate surface area is 99.4 Å². The maximum Gasteiger partial charge on any atom is 0.0681 e. The first-order chi connectivity index (χ1) is 7.88. The van der Waals surface area contributed by atoms with Crippen molar-refractivity contribution < 1.29 is 4.74 Å². The van der Waals surface area contributed by atoms with Gasteiger partial charge in [0.25, 0.3) is 0 Å². The third-order valence-corrected chi connectivity index (χ3v) is 3.97. The number of hydrogen-bond donors (Lipinski definition) is 1. The summed E-state index contributed by atoms with van der Waals surface area (Å²) in [6, 6.07) is 0. The van der Waals surface area contributed by atoms with Gasteiger partial charge >= 0.3 is 0 Å². The summed E-state index contributed by atoms with van der Waals surface area (Å²) in [5.74, 6) is 0.917. The molecule has 1 heterocycles. The van der Waals surface area contributed by atoms with E-state index in [1.54, 1.807) is 0 Å². The summed E-state index contributed by atoms with van der Waals surface area (Å²) in [5, 5.41) is 3.34. The van der Waals surface area contributed by atoms with Crippen LogP contribution in [0.1, 0.15) is 45.4 Å². The number of rotatable bonds is 4. The first kappa shape index (κ1) is 12.1. The van der Waals surface area contributed by atoms with Crippen LogP contribution < -0.4 is 5.32 Å². The van der Waals surface area contributed by atoms with Crippen molar-refractivity contribution in [2.24, 2.45) is 5.92 Å². The maximum absolute atomic E-state index is 6.06. The largest absolute Gasteiger partial charge is 0.374 e. The van der Waals surface area contributed by atoms with E-state index in [4.69, 9.17) is 4.74 Å². The van der Waals surface area contributed by atoms with Crippen LogP contribution in [0.2, 0.25) is 0 Å². The van der Waals surface area contributed by atoms with Gasteiger partial charge in [0.2, 0.25) is 0 Å². The molecule has 0 radical (unpaired) electrons. The quantitative estimate of drug-likeness (QED) is 0.740. The number of nitrogens with one attached hydrogen (secondary N) is 1. The van der Waals surface area contributed by atoms with Gasteiger partial charge in [-0.1, -0.05) is 32.3 Å². The fraction of sp³-hybridized carbons (Fsp3) is 0.857. The second-order valence-electron chi connectivity index (χ2n) is 5.19. The van der Waals surface area contributed by atoms with Crippen LogP contribution in [-0.2, 0) is 4.74 Å². The molecule has 2 aliphatic rings. The first-order valence-corrected chi connectivity index (χ1v) is 6.88. The Kier molecular flexibility index (Phi) is 4.86. The van der Waals surface area contributed by atoms with Gasteiger partial charge in [0.05, 0.1) is 12.7 Å². The number of hydrogen-bond acceptors (Lipinski definition) is 2. The lowest BCUT2D eigenvalue weighted by Gasteiger charge is -2.29.